The van der Waals surface area contributed by atoms with Crippen molar-refractivity contribution in [1.82, 2.24) is 4.90 Å². The van der Waals surface area contributed by atoms with Crippen molar-refractivity contribution >= 4 is 34.5 Å². The standard InChI is InChI=1S/C22H19N3O5S/c1-13-18(21(27)30-12-15-6-4-3-5-7-15)19(16-8-10-17(11-9-16)25(28)29)24-20(26)14(2)31-22(24)23-13/h3-11,14,19H,12H2,1-2H3. The molecule has 0 bridgehead atoms. The van der Waals surface area contributed by atoms with Crippen LogP contribution in [0.4, 0.5) is 5.69 Å². The number of non-ortho nitro benzene ring substituents is 1. The lowest BCUT2D eigenvalue weighted by molar-refractivity contribution is -0.384. The van der Waals surface area contributed by atoms with Crippen LogP contribution in [-0.4, -0.2) is 32.1 Å². The van der Waals surface area contributed by atoms with Gasteiger partial charge < -0.3 is 4.74 Å². The van der Waals surface area contributed by atoms with Gasteiger partial charge in [0.15, 0.2) is 5.17 Å². The van der Waals surface area contributed by atoms with Gasteiger partial charge in [-0.2, -0.15) is 0 Å². The zero-order valence-electron chi connectivity index (χ0n) is 16.8. The summed E-state index contributed by atoms with van der Waals surface area (Å²) in [7, 11) is 0. The Bertz CT molecular complexity index is 1110. The van der Waals surface area contributed by atoms with Crippen LogP contribution in [0.5, 0.6) is 0 Å². The molecular formula is C22H19N3O5S. The highest BCUT2D eigenvalue weighted by atomic mass is 32.2. The SMILES string of the molecule is CC1=C(C(=O)OCc2ccccc2)C(c2ccc([N+](=O)[O-])cc2)N2C(=O)C(C)SC2=N1. The minimum absolute atomic E-state index is 0.0714. The third kappa shape index (κ3) is 3.96. The number of fused-ring (bicyclic) bond motifs is 1. The average Bonchev–Trinajstić information content (AvgIpc) is 3.05. The summed E-state index contributed by atoms with van der Waals surface area (Å²) in [6.45, 7) is 3.57. The second-order valence-electron chi connectivity index (χ2n) is 7.17. The first-order valence-electron chi connectivity index (χ1n) is 9.61. The summed E-state index contributed by atoms with van der Waals surface area (Å²) < 4.78 is 5.54. The fourth-order valence-electron chi connectivity index (χ4n) is 3.56. The summed E-state index contributed by atoms with van der Waals surface area (Å²) in [6, 6.07) is 14.4. The van der Waals surface area contributed by atoms with Crippen molar-refractivity contribution in [3.05, 3.63) is 87.1 Å². The second-order valence-corrected chi connectivity index (χ2v) is 8.48. The number of esters is 1. The first-order chi connectivity index (χ1) is 14.9. The maximum absolute atomic E-state index is 13.1. The molecule has 158 valence electrons. The van der Waals surface area contributed by atoms with Crippen molar-refractivity contribution in [3.63, 3.8) is 0 Å². The lowest BCUT2D eigenvalue weighted by atomic mass is 9.94. The first-order valence-corrected chi connectivity index (χ1v) is 10.5. The molecule has 0 N–H and O–H groups in total. The van der Waals surface area contributed by atoms with Crippen LogP contribution in [0.15, 0.2) is 70.9 Å². The van der Waals surface area contributed by atoms with Crippen molar-refractivity contribution in [2.75, 3.05) is 0 Å². The van der Waals surface area contributed by atoms with E-state index in [9.17, 15) is 19.7 Å². The van der Waals surface area contributed by atoms with E-state index < -0.39 is 16.9 Å². The van der Waals surface area contributed by atoms with Crippen LogP contribution in [0.2, 0.25) is 0 Å². The predicted octanol–water partition coefficient (Wildman–Crippen LogP) is 3.99. The number of amides is 1. The van der Waals surface area contributed by atoms with Gasteiger partial charge in [-0.15, -0.1) is 0 Å². The third-order valence-electron chi connectivity index (χ3n) is 5.11. The van der Waals surface area contributed by atoms with E-state index in [0.29, 0.717) is 16.4 Å². The topological polar surface area (TPSA) is 102 Å². The number of nitro groups is 1. The molecule has 2 aromatic carbocycles. The van der Waals surface area contributed by atoms with Crippen LogP contribution >= 0.6 is 11.8 Å². The Morgan fingerprint density at radius 2 is 1.87 bits per heavy atom. The molecule has 1 saturated heterocycles. The molecule has 0 spiro atoms. The molecule has 2 atom stereocenters. The molecule has 9 heteroatoms. The van der Waals surface area contributed by atoms with Gasteiger partial charge in [0.25, 0.3) is 5.69 Å². The van der Waals surface area contributed by atoms with Gasteiger partial charge in [-0.1, -0.05) is 42.1 Å². The number of rotatable bonds is 5. The minimum Gasteiger partial charge on any atom is -0.457 e. The zero-order chi connectivity index (χ0) is 22.1. The number of allylic oxidation sites excluding steroid dienone is 1. The number of carbonyl (C=O) groups excluding carboxylic acids is 2. The molecular weight excluding hydrogens is 418 g/mol. The van der Waals surface area contributed by atoms with Crippen LogP contribution in [0, 0.1) is 10.1 Å². The van der Waals surface area contributed by atoms with Gasteiger partial charge in [0.1, 0.15) is 6.61 Å². The monoisotopic (exact) mass is 437 g/mol. The molecule has 0 saturated carbocycles. The maximum atomic E-state index is 13.1. The second kappa shape index (κ2) is 8.35. The van der Waals surface area contributed by atoms with Gasteiger partial charge in [-0.25, -0.2) is 9.79 Å². The Morgan fingerprint density at radius 1 is 1.19 bits per heavy atom. The number of nitrogens with zero attached hydrogens (tertiary/aromatic N) is 3. The summed E-state index contributed by atoms with van der Waals surface area (Å²) in [4.78, 5) is 42.5. The van der Waals surface area contributed by atoms with Crippen LogP contribution in [-0.2, 0) is 20.9 Å². The molecule has 2 aliphatic heterocycles. The molecule has 31 heavy (non-hydrogen) atoms. The van der Waals surface area contributed by atoms with Gasteiger partial charge >= 0.3 is 5.97 Å². The molecule has 0 aliphatic carbocycles. The molecule has 0 radical (unpaired) electrons. The van der Waals surface area contributed by atoms with Crippen molar-refractivity contribution in [2.45, 2.75) is 31.7 Å². The van der Waals surface area contributed by atoms with E-state index in [4.69, 9.17) is 4.74 Å². The maximum Gasteiger partial charge on any atom is 0.338 e. The molecule has 0 aromatic heterocycles. The van der Waals surface area contributed by atoms with E-state index in [1.165, 1.54) is 28.8 Å². The van der Waals surface area contributed by atoms with E-state index in [1.807, 2.05) is 30.3 Å². The number of hydrogen-bond donors (Lipinski definition) is 0. The number of amidine groups is 1. The summed E-state index contributed by atoms with van der Waals surface area (Å²) in [5.74, 6) is -0.752. The van der Waals surface area contributed by atoms with Crippen LogP contribution in [0.3, 0.4) is 0 Å². The Morgan fingerprint density at radius 3 is 2.52 bits per heavy atom. The fourth-order valence-corrected chi connectivity index (χ4v) is 4.59. The van der Waals surface area contributed by atoms with Gasteiger partial charge in [0, 0.05) is 12.1 Å². The lowest BCUT2D eigenvalue weighted by Gasteiger charge is -2.33. The largest absolute Gasteiger partial charge is 0.457 e. The smallest absolute Gasteiger partial charge is 0.338 e. The van der Waals surface area contributed by atoms with E-state index in [1.54, 1.807) is 26.0 Å². The van der Waals surface area contributed by atoms with E-state index in [-0.39, 0.29) is 29.0 Å². The highest BCUT2D eigenvalue weighted by molar-refractivity contribution is 8.15. The van der Waals surface area contributed by atoms with Crippen molar-refractivity contribution in [3.8, 4) is 0 Å². The average molecular weight is 437 g/mol. The van der Waals surface area contributed by atoms with Crippen LogP contribution in [0.25, 0.3) is 0 Å². The van der Waals surface area contributed by atoms with Gasteiger partial charge in [-0.3, -0.25) is 19.8 Å². The summed E-state index contributed by atoms with van der Waals surface area (Å²) in [6.07, 6.45) is 0. The Balaban J connectivity index is 1.71. The summed E-state index contributed by atoms with van der Waals surface area (Å²) >= 11 is 1.32. The number of carbonyl (C=O) groups is 2. The molecule has 2 aromatic rings. The predicted molar refractivity (Wildman–Crippen MR) is 116 cm³/mol. The van der Waals surface area contributed by atoms with Crippen LogP contribution in [0.1, 0.15) is 31.0 Å². The molecule has 1 amide bonds. The molecule has 8 nitrogen and oxygen atoms in total. The minimum atomic E-state index is -0.762. The van der Waals surface area contributed by atoms with E-state index >= 15 is 0 Å². The first kappa shape index (κ1) is 20.8. The number of ether oxygens (including phenoxy) is 1. The van der Waals surface area contributed by atoms with Crippen LogP contribution < -0.4 is 0 Å². The molecule has 2 heterocycles. The molecule has 1 fully saturated rings. The van der Waals surface area contributed by atoms with Gasteiger partial charge in [0.2, 0.25) is 5.91 Å². The zero-order valence-corrected chi connectivity index (χ0v) is 17.7. The summed E-state index contributed by atoms with van der Waals surface area (Å²) in [5.41, 5.74) is 2.05. The highest BCUT2D eigenvalue weighted by Gasteiger charge is 2.46. The van der Waals surface area contributed by atoms with Gasteiger partial charge in [0.05, 0.1) is 27.5 Å². The number of hydrogen-bond acceptors (Lipinski definition) is 7. The number of benzene rings is 2. The molecule has 2 aliphatic rings. The number of nitro benzene ring substituents is 1. The quantitative estimate of drug-likeness (QED) is 0.398. The highest BCUT2D eigenvalue weighted by Crippen LogP contribution is 2.43. The van der Waals surface area contributed by atoms with E-state index in [0.717, 1.165) is 5.56 Å². The normalized spacial score (nSPS) is 20.4. The van der Waals surface area contributed by atoms with E-state index in [2.05, 4.69) is 4.99 Å². The Labute approximate surface area is 182 Å². The molecule has 4 rings (SSSR count). The lowest BCUT2D eigenvalue weighted by Crippen LogP contribution is -2.40. The number of aliphatic imine (C=N–C) groups is 1. The fraction of sp³-hybridized carbons (Fsp3) is 0.227. The molecule has 2 unspecified atom stereocenters. The van der Waals surface area contributed by atoms with Crippen molar-refractivity contribution < 1.29 is 19.2 Å². The van der Waals surface area contributed by atoms with Crippen molar-refractivity contribution in [2.24, 2.45) is 4.99 Å². The summed E-state index contributed by atoms with van der Waals surface area (Å²) in [5, 5.41) is 11.2. The van der Waals surface area contributed by atoms with Gasteiger partial charge in [-0.05, 0) is 37.1 Å². The van der Waals surface area contributed by atoms with Crippen molar-refractivity contribution in [1.29, 1.82) is 0 Å². The third-order valence-corrected chi connectivity index (χ3v) is 6.16. The Hall–Kier alpha value is -3.46. The number of thioether (sulfide) groups is 1. The Kier molecular flexibility index (Phi) is 5.60.